The minimum Gasteiger partial charge on any atom is -0.495 e. The smallest absolute Gasteiger partial charge is 0.247 e. The van der Waals surface area contributed by atoms with Crippen LogP contribution < -0.4 is 4.74 Å². The van der Waals surface area contributed by atoms with Crippen LogP contribution in [0.5, 0.6) is 5.75 Å². The summed E-state index contributed by atoms with van der Waals surface area (Å²) in [5.74, 6) is 0.281. The lowest BCUT2D eigenvalue weighted by Gasteiger charge is -2.31. The summed E-state index contributed by atoms with van der Waals surface area (Å²) >= 11 is 3.27. The highest BCUT2D eigenvalue weighted by molar-refractivity contribution is 9.10. The molecule has 110 valence electrons. The number of methoxy groups -OCH3 is 1. The lowest BCUT2D eigenvalue weighted by atomic mass is 10.1. The number of benzene rings is 1. The van der Waals surface area contributed by atoms with Crippen molar-refractivity contribution in [2.75, 3.05) is 13.7 Å². The number of ether oxygens (including phenoxy) is 1. The van der Waals surface area contributed by atoms with Gasteiger partial charge in [0.05, 0.1) is 13.2 Å². The average Bonchev–Trinajstić information content (AvgIpc) is 2.47. The maximum atomic E-state index is 12.8. The SMILES string of the molecule is COc1ccc(Br)cc1S(=O)(=O)N1CCCCC1C=O. The molecule has 7 heteroatoms. The molecule has 20 heavy (non-hydrogen) atoms. The fraction of sp³-hybridized carbons (Fsp3) is 0.462. The van der Waals surface area contributed by atoms with Crippen LogP contribution in [0, 0.1) is 0 Å². The lowest BCUT2D eigenvalue weighted by Crippen LogP contribution is -2.44. The van der Waals surface area contributed by atoms with Gasteiger partial charge < -0.3 is 9.53 Å². The van der Waals surface area contributed by atoms with E-state index in [1.807, 2.05) is 0 Å². The molecule has 0 radical (unpaired) electrons. The minimum atomic E-state index is -3.74. The molecule has 0 spiro atoms. The monoisotopic (exact) mass is 361 g/mol. The molecule has 0 bridgehead atoms. The van der Waals surface area contributed by atoms with Gasteiger partial charge in [0.2, 0.25) is 10.0 Å². The van der Waals surface area contributed by atoms with Gasteiger partial charge in [-0.1, -0.05) is 22.4 Å². The van der Waals surface area contributed by atoms with Gasteiger partial charge >= 0.3 is 0 Å². The number of sulfonamides is 1. The van der Waals surface area contributed by atoms with E-state index in [0.717, 1.165) is 12.8 Å². The van der Waals surface area contributed by atoms with Gasteiger partial charge in [0.25, 0.3) is 0 Å². The zero-order valence-corrected chi connectivity index (χ0v) is 13.5. The molecule has 5 nitrogen and oxygen atoms in total. The quantitative estimate of drug-likeness (QED) is 0.771. The van der Waals surface area contributed by atoms with Crippen LogP contribution in [0.3, 0.4) is 0 Å². The number of piperidine rings is 1. The van der Waals surface area contributed by atoms with E-state index in [0.29, 0.717) is 23.7 Å². The van der Waals surface area contributed by atoms with Crippen LogP contribution in [-0.4, -0.2) is 38.7 Å². The van der Waals surface area contributed by atoms with Crippen LogP contribution in [0.15, 0.2) is 27.6 Å². The first kappa shape index (κ1) is 15.5. The van der Waals surface area contributed by atoms with Crippen LogP contribution in [0.4, 0.5) is 0 Å². The Balaban J connectivity index is 2.48. The van der Waals surface area contributed by atoms with Gasteiger partial charge in [0.1, 0.15) is 16.9 Å². The second-order valence-corrected chi connectivity index (χ2v) is 7.38. The summed E-state index contributed by atoms with van der Waals surface area (Å²) in [5.41, 5.74) is 0. The predicted molar refractivity (Wildman–Crippen MR) is 78.3 cm³/mol. The molecule has 0 aromatic heterocycles. The number of carbonyl (C=O) groups is 1. The summed E-state index contributed by atoms with van der Waals surface area (Å²) in [6.45, 7) is 0.363. The molecule has 2 rings (SSSR count). The van der Waals surface area contributed by atoms with Crippen LogP contribution in [0.2, 0.25) is 0 Å². The fourth-order valence-electron chi connectivity index (χ4n) is 2.34. The standard InChI is InChI=1S/C13H16BrNO4S/c1-19-12-6-5-10(14)8-13(12)20(17,18)15-7-3-2-4-11(15)9-16/h5-6,8-9,11H,2-4,7H2,1H3. The molecule has 1 atom stereocenters. The normalized spacial score (nSPS) is 20.6. The van der Waals surface area contributed by atoms with Crippen molar-refractivity contribution in [1.29, 1.82) is 0 Å². The van der Waals surface area contributed by atoms with Gasteiger partial charge in [-0.2, -0.15) is 4.31 Å². The molecule has 1 aromatic rings. The van der Waals surface area contributed by atoms with Crippen molar-refractivity contribution in [2.45, 2.75) is 30.2 Å². The molecule has 0 aliphatic carbocycles. The molecule has 1 saturated heterocycles. The predicted octanol–water partition coefficient (Wildman–Crippen LogP) is 2.20. The van der Waals surface area contributed by atoms with Crippen LogP contribution in [0.1, 0.15) is 19.3 Å². The van der Waals surface area contributed by atoms with E-state index < -0.39 is 16.1 Å². The largest absolute Gasteiger partial charge is 0.495 e. The molecular formula is C13H16BrNO4S. The topological polar surface area (TPSA) is 63.7 Å². The lowest BCUT2D eigenvalue weighted by molar-refractivity contribution is -0.111. The minimum absolute atomic E-state index is 0.0862. The first-order chi connectivity index (χ1) is 9.50. The Hall–Kier alpha value is -0.920. The molecule has 1 heterocycles. The number of halogens is 1. The second-order valence-electron chi connectivity index (χ2n) is 4.61. The van der Waals surface area contributed by atoms with Crippen molar-refractivity contribution in [3.05, 3.63) is 22.7 Å². The fourth-order valence-corrected chi connectivity index (χ4v) is 4.67. The third-order valence-corrected chi connectivity index (χ3v) is 5.81. The van der Waals surface area contributed by atoms with Crippen molar-refractivity contribution in [1.82, 2.24) is 4.31 Å². The average molecular weight is 362 g/mol. The first-order valence-corrected chi connectivity index (χ1v) is 8.54. The van der Waals surface area contributed by atoms with E-state index in [1.165, 1.54) is 17.5 Å². The highest BCUT2D eigenvalue weighted by Crippen LogP contribution is 2.32. The maximum absolute atomic E-state index is 12.8. The molecule has 0 amide bonds. The van der Waals surface area contributed by atoms with E-state index in [-0.39, 0.29) is 10.6 Å². The van der Waals surface area contributed by atoms with Crippen molar-refractivity contribution in [2.24, 2.45) is 0 Å². The summed E-state index contributed by atoms with van der Waals surface area (Å²) in [7, 11) is -2.32. The Morgan fingerprint density at radius 1 is 1.40 bits per heavy atom. The molecule has 1 unspecified atom stereocenters. The van der Waals surface area contributed by atoms with E-state index in [1.54, 1.807) is 12.1 Å². The number of carbonyl (C=O) groups excluding carboxylic acids is 1. The van der Waals surface area contributed by atoms with Crippen molar-refractivity contribution in [3.8, 4) is 5.75 Å². The Morgan fingerprint density at radius 2 is 2.15 bits per heavy atom. The summed E-state index contributed by atoms with van der Waals surface area (Å²) in [6.07, 6.45) is 2.91. The highest BCUT2D eigenvalue weighted by Gasteiger charge is 2.35. The van der Waals surface area contributed by atoms with E-state index >= 15 is 0 Å². The van der Waals surface area contributed by atoms with Gasteiger partial charge in [-0.3, -0.25) is 0 Å². The first-order valence-electron chi connectivity index (χ1n) is 6.31. The molecule has 1 aliphatic rings. The Labute approximate surface area is 127 Å². The van der Waals surface area contributed by atoms with Crippen molar-refractivity contribution >= 4 is 32.2 Å². The van der Waals surface area contributed by atoms with E-state index in [4.69, 9.17) is 4.74 Å². The molecule has 1 aromatic carbocycles. The maximum Gasteiger partial charge on any atom is 0.247 e. The second kappa shape index (κ2) is 6.24. The van der Waals surface area contributed by atoms with Gasteiger partial charge in [-0.05, 0) is 31.0 Å². The highest BCUT2D eigenvalue weighted by atomic mass is 79.9. The zero-order chi connectivity index (χ0) is 14.8. The Kier molecular flexibility index (Phi) is 4.82. The van der Waals surface area contributed by atoms with E-state index in [9.17, 15) is 13.2 Å². The molecule has 0 N–H and O–H groups in total. The Morgan fingerprint density at radius 3 is 2.80 bits per heavy atom. The van der Waals surface area contributed by atoms with Crippen molar-refractivity contribution < 1.29 is 17.9 Å². The summed E-state index contributed by atoms with van der Waals surface area (Å²) in [4.78, 5) is 11.2. The van der Waals surface area contributed by atoms with Gasteiger partial charge in [0, 0.05) is 11.0 Å². The van der Waals surface area contributed by atoms with Gasteiger partial charge in [-0.25, -0.2) is 8.42 Å². The molecule has 1 fully saturated rings. The third-order valence-electron chi connectivity index (χ3n) is 3.37. The van der Waals surface area contributed by atoms with Gasteiger partial charge in [-0.15, -0.1) is 0 Å². The number of nitrogens with zero attached hydrogens (tertiary/aromatic N) is 1. The van der Waals surface area contributed by atoms with Gasteiger partial charge in [0.15, 0.2) is 0 Å². The summed E-state index contributed by atoms with van der Waals surface area (Å²) in [5, 5.41) is 0. The van der Waals surface area contributed by atoms with Crippen molar-refractivity contribution in [3.63, 3.8) is 0 Å². The summed E-state index contributed by atoms with van der Waals surface area (Å²) < 4.78 is 32.6. The van der Waals surface area contributed by atoms with E-state index in [2.05, 4.69) is 15.9 Å². The summed E-state index contributed by atoms with van der Waals surface area (Å²) in [6, 6.07) is 4.23. The zero-order valence-electron chi connectivity index (χ0n) is 11.1. The Bertz CT molecular complexity index is 602. The molecule has 1 aliphatic heterocycles. The van der Waals surface area contributed by atoms with Crippen LogP contribution in [-0.2, 0) is 14.8 Å². The third kappa shape index (κ3) is 2.89. The molecule has 0 saturated carbocycles. The number of hydrogen-bond donors (Lipinski definition) is 0. The number of hydrogen-bond acceptors (Lipinski definition) is 4. The van der Waals surface area contributed by atoms with Crippen LogP contribution in [0.25, 0.3) is 0 Å². The molecular weight excluding hydrogens is 346 g/mol. The number of rotatable bonds is 4. The number of aldehydes is 1. The van der Waals surface area contributed by atoms with Crippen LogP contribution >= 0.6 is 15.9 Å².